The number of carbonyl (C=O) groups excluding carboxylic acids is 1. The Kier molecular flexibility index (Phi) is 5.22. The summed E-state index contributed by atoms with van der Waals surface area (Å²) in [5, 5.41) is 4.27. The van der Waals surface area contributed by atoms with E-state index in [9.17, 15) is 9.59 Å². The van der Waals surface area contributed by atoms with E-state index >= 15 is 0 Å². The van der Waals surface area contributed by atoms with Crippen molar-refractivity contribution >= 4 is 28.6 Å². The van der Waals surface area contributed by atoms with Gasteiger partial charge in [-0.25, -0.2) is 4.98 Å². The molecule has 28 heavy (non-hydrogen) atoms. The van der Waals surface area contributed by atoms with Crippen LogP contribution in [0.5, 0.6) is 0 Å². The summed E-state index contributed by atoms with van der Waals surface area (Å²) in [6.07, 6.45) is 2.21. The molecule has 2 aromatic carbocycles. The monoisotopic (exact) mass is 393 g/mol. The first kappa shape index (κ1) is 18.7. The van der Waals surface area contributed by atoms with Crippen molar-refractivity contribution in [3.63, 3.8) is 0 Å². The Morgan fingerprint density at radius 3 is 2.57 bits per heavy atom. The van der Waals surface area contributed by atoms with Gasteiger partial charge in [0.2, 0.25) is 5.91 Å². The van der Waals surface area contributed by atoms with Gasteiger partial charge in [0, 0.05) is 18.5 Å². The van der Waals surface area contributed by atoms with E-state index in [1.54, 1.807) is 10.6 Å². The zero-order valence-corrected chi connectivity index (χ0v) is 16.7. The van der Waals surface area contributed by atoms with Crippen LogP contribution in [0.4, 0.5) is 0 Å². The molecule has 1 aromatic heterocycles. The molecule has 0 aliphatic heterocycles. The van der Waals surface area contributed by atoms with Gasteiger partial charge in [-0.1, -0.05) is 54.2 Å². The lowest BCUT2D eigenvalue weighted by Crippen LogP contribution is -2.33. The third-order valence-electron chi connectivity index (χ3n) is 5.34. The fraction of sp³-hybridized carbons (Fsp3) is 0.318. The summed E-state index contributed by atoms with van der Waals surface area (Å²) in [5.41, 5.74) is 1.99. The molecule has 1 heterocycles. The molecule has 1 fully saturated rings. The van der Waals surface area contributed by atoms with Crippen LogP contribution in [-0.4, -0.2) is 27.8 Å². The summed E-state index contributed by atoms with van der Waals surface area (Å²) < 4.78 is 1.63. The smallest absolute Gasteiger partial charge is 0.262 e. The second-order valence-corrected chi connectivity index (χ2v) is 8.12. The second-order valence-electron chi connectivity index (χ2n) is 7.17. The number of nitrogens with zero attached hydrogens (tertiary/aromatic N) is 2. The lowest BCUT2D eigenvalue weighted by molar-refractivity contribution is -0.118. The van der Waals surface area contributed by atoms with Crippen molar-refractivity contribution in [3.8, 4) is 0 Å². The van der Waals surface area contributed by atoms with Crippen LogP contribution in [0.25, 0.3) is 10.9 Å². The van der Waals surface area contributed by atoms with Crippen LogP contribution in [0.2, 0.25) is 0 Å². The van der Waals surface area contributed by atoms with Gasteiger partial charge in [-0.15, -0.1) is 0 Å². The van der Waals surface area contributed by atoms with Crippen molar-refractivity contribution in [1.82, 2.24) is 14.9 Å². The molecule has 1 aliphatic rings. The Hall–Kier alpha value is -2.60. The number of amides is 1. The number of rotatable bonds is 7. The molecule has 0 bridgehead atoms. The number of aromatic nitrogens is 2. The maximum absolute atomic E-state index is 12.7. The van der Waals surface area contributed by atoms with Crippen LogP contribution in [0.1, 0.15) is 25.3 Å². The van der Waals surface area contributed by atoms with Crippen LogP contribution < -0.4 is 10.9 Å². The van der Waals surface area contributed by atoms with Gasteiger partial charge in [-0.3, -0.25) is 14.2 Å². The number of nitrogens with one attached hydrogen (secondary N) is 1. The van der Waals surface area contributed by atoms with E-state index in [2.05, 4.69) is 22.4 Å². The Bertz CT molecular complexity index is 1060. The molecule has 1 N–H and O–H groups in total. The van der Waals surface area contributed by atoms with E-state index in [1.165, 1.54) is 17.3 Å². The van der Waals surface area contributed by atoms with Gasteiger partial charge in [0.05, 0.1) is 16.7 Å². The summed E-state index contributed by atoms with van der Waals surface area (Å²) in [5.74, 6) is 0.215. The Balaban J connectivity index is 1.42. The second kappa shape index (κ2) is 7.80. The van der Waals surface area contributed by atoms with Crippen LogP contribution in [0.15, 0.2) is 64.5 Å². The van der Waals surface area contributed by atoms with E-state index < -0.39 is 0 Å². The van der Waals surface area contributed by atoms with Gasteiger partial charge in [0.25, 0.3) is 5.56 Å². The minimum Gasteiger partial charge on any atom is -0.354 e. The number of hydrogen-bond donors (Lipinski definition) is 1. The minimum absolute atomic E-state index is 0.0303. The number of benzene rings is 2. The molecule has 4 rings (SSSR count). The van der Waals surface area contributed by atoms with Crippen LogP contribution >= 0.6 is 11.8 Å². The van der Waals surface area contributed by atoms with Crippen LogP contribution in [-0.2, 0) is 16.8 Å². The van der Waals surface area contributed by atoms with Crippen LogP contribution in [0, 0.1) is 0 Å². The highest BCUT2D eigenvalue weighted by atomic mass is 32.2. The molecule has 0 saturated heterocycles. The van der Waals surface area contributed by atoms with Crippen molar-refractivity contribution in [2.45, 2.75) is 36.9 Å². The lowest BCUT2D eigenvalue weighted by Gasteiger charge is -2.16. The molecule has 3 aromatic rings. The molecule has 1 aliphatic carbocycles. The van der Waals surface area contributed by atoms with Gasteiger partial charge in [-0.2, -0.15) is 0 Å². The molecule has 0 spiro atoms. The number of para-hydroxylation sites is 1. The Labute approximate surface area is 168 Å². The summed E-state index contributed by atoms with van der Waals surface area (Å²) in [7, 11) is 0. The largest absolute Gasteiger partial charge is 0.354 e. The molecule has 0 unspecified atom stereocenters. The quantitative estimate of drug-likeness (QED) is 0.494. The van der Waals surface area contributed by atoms with Gasteiger partial charge in [-0.05, 0) is 37.5 Å². The molecule has 144 valence electrons. The Morgan fingerprint density at radius 2 is 1.86 bits per heavy atom. The fourth-order valence-corrected chi connectivity index (χ4v) is 4.39. The first-order chi connectivity index (χ1) is 13.6. The molecule has 1 saturated carbocycles. The van der Waals surface area contributed by atoms with Gasteiger partial charge >= 0.3 is 0 Å². The van der Waals surface area contributed by atoms with E-state index in [0.717, 1.165) is 12.8 Å². The van der Waals surface area contributed by atoms with E-state index in [-0.39, 0.29) is 22.6 Å². The third kappa shape index (κ3) is 3.69. The molecule has 5 nitrogen and oxygen atoms in total. The first-order valence-electron chi connectivity index (χ1n) is 9.57. The topological polar surface area (TPSA) is 64.0 Å². The van der Waals surface area contributed by atoms with Gasteiger partial charge in [0.15, 0.2) is 5.16 Å². The summed E-state index contributed by atoms with van der Waals surface area (Å²) >= 11 is 1.32. The van der Waals surface area contributed by atoms with E-state index in [4.69, 9.17) is 0 Å². The minimum atomic E-state index is -0.0583. The van der Waals surface area contributed by atoms with Crippen molar-refractivity contribution in [2.24, 2.45) is 0 Å². The molecule has 0 radical (unpaired) electrons. The van der Waals surface area contributed by atoms with Crippen molar-refractivity contribution < 1.29 is 4.79 Å². The molecule has 0 atom stereocenters. The zero-order chi connectivity index (χ0) is 19.6. The standard InChI is InChI=1S/C22H23N3O2S/c1-2-25-20(27)17-10-6-7-11-18(17)24-21(25)28-14-19(26)23-15-22(12-13-22)16-8-4-3-5-9-16/h3-11H,2,12-15H2,1H3,(H,23,26). The maximum Gasteiger partial charge on any atom is 0.262 e. The number of fused-ring (bicyclic) bond motifs is 1. The zero-order valence-electron chi connectivity index (χ0n) is 15.9. The first-order valence-corrected chi connectivity index (χ1v) is 10.6. The van der Waals surface area contributed by atoms with E-state index in [0.29, 0.717) is 29.1 Å². The molecule has 1 amide bonds. The van der Waals surface area contributed by atoms with Gasteiger partial charge in [0.1, 0.15) is 0 Å². The number of thioether (sulfide) groups is 1. The Morgan fingerprint density at radius 1 is 1.14 bits per heavy atom. The average Bonchev–Trinajstić information content (AvgIpc) is 3.53. The highest BCUT2D eigenvalue weighted by Crippen LogP contribution is 2.47. The third-order valence-corrected chi connectivity index (χ3v) is 6.32. The SMILES string of the molecule is CCn1c(SCC(=O)NCC2(c3ccccc3)CC2)nc2ccccc2c1=O. The number of carbonyl (C=O) groups is 1. The van der Waals surface area contributed by atoms with E-state index in [1.807, 2.05) is 43.3 Å². The summed E-state index contributed by atoms with van der Waals surface area (Å²) in [6, 6.07) is 17.7. The lowest BCUT2D eigenvalue weighted by atomic mass is 9.96. The average molecular weight is 394 g/mol. The highest BCUT2D eigenvalue weighted by Gasteiger charge is 2.44. The van der Waals surface area contributed by atoms with Crippen LogP contribution in [0.3, 0.4) is 0 Å². The highest BCUT2D eigenvalue weighted by molar-refractivity contribution is 7.99. The fourth-order valence-electron chi connectivity index (χ4n) is 3.50. The van der Waals surface area contributed by atoms with Crippen molar-refractivity contribution in [2.75, 3.05) is 12.3 Å². The number of hydrogen-bond acceptors (Lipinski definition) is 4. The van der Waals surface area contributed by atoms with Gasteiger partial charge < -0.3 is 5.32 Å². The predicted molar refractivity (Wildman–Crippen MR) is 113 cm³/mol. The maximum atomic E-state index is 12.7. The summed E-state index contributed by atoms with van der Waals surface area (Å²) in [6.45, 7) is 3.10. The molecular formula is C22H23N3O2S. The van der Waals surface area contributed by atoms with Crippen molar-refractivity contribution in [3.05, 3.63) is 70.5 Å². The summed E-state index contributed by atoms with van der Waals surface area (Å²) in [4.78, 5) is 29.7. The molecule has 6 heteroatoms. The normalized spacial score (nSPS) is 14.8. The predicted octanol–water partition coefficient (Wildman–Crippen LogP) is 3.36. The molecular weight excluding hydrogens is 370 g/mol. The van der Waals surface area contributed by atoms with Crippen molar-refractivity contribution in [1.29, 1.82) is 0 Å².